The van der Waals surface area contributed by atoms with E-state index in [1.807, 2.05) is 6.08 Å². The van der Waals surface area contributed by atoms with Crippen LogP contribution in [0.2, 0.25) is 0 Å². The fraction of sp³-hybridized carbons (Fsp3) is 0.714. The highest BCUT2D eigenvalue weighted by Crippen LogP contribution is 2.68. The molecule has 0 amide bonds. The summed E-state index contributed by atoms with van der Waals surface area (Å²) in [7, 11) is 0. The number of ketones is 2. The monoisotopic (exact) mass is 342 g/mol. The molecule has 5 aliphatic rings. The van der Waals surface area contributed by atoms with Gasteiger partial charge >= 0.3 is 0 Å². The Hall–Kier alpha value is -1.26. The number of Topliss-reactive ketones (excluding diaryl/α,β-unsaturated/α-hetero) is 1. The molecule has 4 heteroatoms. The Morgan fingerprint density at radius 1 is 1.24 bits per heavy atom. The van der Waals surface area contributed by atoms with Gasteiger partial charge in [-0.15, -0.1) is 0 Å². The Kier molecular flexibility index (Phi) is 3.01. The molecule has 7 atom stereocenters. The van der Waals surface area contributed by atoms with Gasteiger partial charge in [-0.2, -0.15) is 0 Å². The fourth-order valence-electron chi connectivity index (χ4n) is 7.31. The fourth-order valence-corrected chi connectivity index (χ4v) is 7.31. The van der Waals surface area contributed by atoms with Gasteiger partial charge in [0.15, 0.2) is 11.6 Å². The van der Waals surface area contributed by atoms with E-state index in [2.05, 4.69) is 13.8 Å². The predicted octanol–water partition coefficient (Wildman–Crippen LogP) is 2.60. The Morgan fingerprint density at radius 3 is 2.72 bits per heavy atom. The summed E-state index contributed by atoms with van der Waals surface area (Å²) in [4.78, 5) is 24.3. The van der Waals surface area contributed by atoms with Crippen molar-refractivity contribution in [3.63, 3.8) is 0 Å². The average molecular weight is 342 g/mol. The van der Waals surface area contributed by atoms with Crippen molar-refractivity contribution in [1.29, 1.82) is 0 Å². The molecule has 1 heterocycles. The maximum atomic E-state index is 12.4. The van der Waals surface area contributed by atoms with Crippen LogP contribution in [-0.2, 0) is 14.3 Å². The molecule has 0 aromatic rings. The van der Waals surface area contributed by atoms with Gasteiger partial charge in [0.25, 0.3) is 0 Å². The minimum absolute atomic E-state index is 0.0642. The van der Waals surface area contributed by atoms with Crippen molar-refractivity contribution in [2.75, 3.05) is 6.61 Å². The second kappa shape index (κ2) is 4.72. The van der Waals surface area contributed by atoms with E-state index in [1.54, 1.807) is 12.2 Å². The molecule has 3 saturated carbocycles. The molecule has 0 radical (unpaired) electrons. The van der Waals surface area contributed by atoms with E-state index in [9.17, 15) is 14.7 Å². The van der Waals surface area contributed by atoms with Crippen LogP contribution in [0, 0.1) is 28.6 Å². The summed E-state index contributed by atoms with van der Waals surface area (Å²) < 4.78 is 5.91. The molecular weight excluding hydrogens is 316 g/mol. The number of aliphatic hydroxyl groups is 1. The predicted molar refractivity (Wildman–Crippen MR) is 91.7 cm³/mol. The number of ether oxygens (including phenoxy) is 1. The molecule has 25 heavy (non-hydrogen) atoms. The molecular formula is C21H26O4. The smallest absolute Gasteiger partial charge is 0.190 e. The van der Waals surface area contributed by atoms with E-state index in [4.69, 9.17) is 4.74 Å². The van der Waals surface area contributed by atoms with Crippen molar-refractivity contribution in [3.8, 4) is 0 Å². The number of hydrogen-bond donors (Lipinski definition) is 1. The van der Waals surface area contributed by atoms with Crippen LogP contribution in [0.15, 0.2) is 23.8 Å². The second-order valence-electron chi connectivity index (χ2n) is 9.29. The third-order valence-electron chi connectivity index (χ3n) is 8.52. The van der Waals surface area contributed by atoms with Crippen LogP contribution in [0.3, 0.4) is 0 Å². The summed E-state index contributed by atoms with van der Waals surface area (Å²) in [5, 5.41) is 11.2. The van der Waals surface area contributed by atoms with Crippen molar-refractivity contribution >= 4 is 11.6 Å². The number of carbonyl (C=O) groups is 2. The molecule has 134 valence electrons. The van der Waals surface area contributed by atoms with Gasteiger partial charge in [-0.3, -0.25) is 9.59 Å². The zero-order chi connectivity index (χ0) is 17.6. The molecule has 7 unspecified atom stereocenters. The van der Waals surface area contributed by atoms with Crippen LogP contribution >= 0.6 is 0 Å². The SMILES string of the molecule is CC12C=CC(=O)C=C1CCC1C2C(O)CC2(C)C1CCC21OCC1=O. The highest BCUT2D eigenvalue weighted by molar-refractivity contribution is 6.01. The first kappa shape index (κ1) is 16.0. The van der Waals surface area contributed by atoms with Crippen LogP contribution in [-0.4, -0.2) is 35.0 Å². The number of hydrogen-bond acceptors (Lipinski definition) is 4. The average Bonchev–Trinajstić information content (AvgIpc) is 2.88. The minimum atomic E-state index is -0.640. The van der Waals surface area contributed by atoms with Gasteiger partial charge in [0.1, 0.15) is 12.2 Å². The van der Waals surface area contributed by atoms with Crippen LogP contribution in [0.25, 0.3) is 0 Å². The Balaban J connectivity index is 1.56. The molecule has 4 aliphatic carbocycles. The first-order chi connectivity index (χ1) is 11.8. The van der Waals surface area contributed by atoms with Crippen LogP contribution in [0.4, 0.5) is 0 Å². The van der Waals surface area contributed by atoms with Gasteiger partial charge < -0.3 is 9.84 Å². The highest BCUT2D eigenvalue weighted by Gasteiger charge is 2.71. The van der Waals surface area contributed by atoms with E-state index in [0.717, 1.165) is 25.7 Å². The highest BCUT2D eigenvalue weighted by atomic mass is 16.5. The molecule has 5 rings (SSSR count). The summed E-state index contributed by atoms with van der Waals surface area (Å²) in [5.41, 5.74) is 0.0403. The van der Waals surface area contributed by atoms with Crippen molar-refractivity contribution in [2.24, 2.45) is 28.6 Å². The van der Waals surface area contributed by atoms with E-state index in [1.165, 1.54) is 5.57 Å². The molecule has 0 aromatic heterocycles. The molecule has 0 bridgehead atoms. The topological polar surface area (TPSA) is 63.6 Å². The Bertz CT molecular complexity index is 736. The van der Waals surface area contributed by atoms with E-state index >= 15 is 0 Å². The lowest BCUT2D eigenvalue weighted by molar-refractivity contribution is -0.224. The molecule has 1 N–H and O–H groups in total. The van der Waals surface area contributed by atoms with Gasteiger partial charge in [-0.25, -0.2) is 0 Å². The maximum absolute atomic E-state index is 12.4. The quantitative estimate of drug-likeness (QED) is 0.735. The Morgan fingerprint density at radius 2 is 2.04 bits per heavy atom. The van der Waals surface area contributed by atoms with Gasteiger partial charge in [-0.05, 0) is 56.1 Å². The summed E-state index contributed by atoms with van der Waals surface area (Å²) >= 11 is 0. The minimum Gasteiger partial charge on any atom is -0.393 e. The third-order valence-corrected chi connectivity index (χ3v) is 8.52. The van der Waals surface area contributed by atoms with Gasteiger partial charge in [0.05, 0.1) is 6.10 Å². The van der Waals surface area contributed by atoms with Gasteiger partial charge in [-0.1, -0.05) is 25.5 Å². The molecule has 1 saturated heterocycles. The number of rotatable bonds is 0. The van der Waals surface area contributed by atoms with Crippen LogP contribution in [0.1, 0.15) is 46.0 Å². The second-order valence-corrected chi connectivity index (χ2v) is 9.29. The first-order valence-electron chi connectivity index (χ1n) is 9.61. The third kappa shape index (κ3) is 1.71. The normalized spacial score (nSPS) is 53.8. The number of carbonyl (C=O) groups excluding carboxylic acids is 2. The lowest BCUT2D eigenvalue weighted by Gasteiger charge is -2.61. The number of fused-ring (bicyclic) bond motifs is 6. The maximum Gasteiger partial charge on any atom is 0.190 e. The summed E-state index contributed by atoms with van der Waals surface area (Å²) in [6, 6.07) is 0. The lowest BCUT2D eigenvalue weighted by Crippen LogP contribution is -2.67. The van der Waals surface area contributed by atoms with E-state index in [-0.39, 0.29) is 34.9 Å². The zero-order valence-electron chi connectivity index (χ0n) is 15.0. The van der Waals surface area contributed by atoms with Crippen molar-refractivity contribution in [2.45, 2.75) is 57.7 Å². The summed E-state index contributed by atoms with van der Waals surface area (Å²) in [6.45, 7) is 4.59. The molecule has 1 aliphatic heterocycles. The van der Waals surface area contributed by atoms with Crippen molar-refractivity contribution < 1.29 is 19.4 Å². The standard InChI is InChI=1S/C21H26O4/c1-19-7-5-13(22)9-12(19)3-4-14-15-6-8-21(17(24)11-25-21)20(15,2)10-16(23)18(14)19/h5,7,9,14-16,18,23H,3-4,6,8,10-11H2,1-2H3. The number of allylic oxidation sites excluding steroid dienone is 4. The van der Waals surface area contributed by atoms with Crippen molar-refractivity contribution in [3.05, 3.63) is 23.8 Å². The van der Waals surface area contributed by atoms with Crippen molar-refractivity contribution in [1.82, 2.24) is 0 Å². The van der Waals surface area contributed by atoms with Gasteiger partial charge in [0, 0.05) is 16.7 Å². The molecule has 0 aromatic carbocycles. The number of aliphatic hydroxyl groups excluding tert-OH is 1. The van der Waals surface area contributed by atoms with Gasteiger partial charge in [0.2, 0.25) is 0 Å². The molecule has 4 fully saturated rings. The lowest BCUT2D eigenvalue weighted by atomic mass is 9.46. The zero-order valence-corrected chi connectivity index (χ0v) is 15.0. The van der Waals surface area contributed by atoms with E-state index < -0.39 is 11.7 Å². The largest absolute Gasteiger partial charge is 0.393 e. The Labute approximate surface area is 148 Å². The first-order valence-corrected chi connectivity index (χ1v) is 9.61. The summed E-state index contributed by atoms with van der Waals surface area (Å²) in [6.07, 6.45) is 9.35. The van der Waals surface area contributed by atoms with Crippen LogP contribution in [0.5, 0.6) is 0 Å². The molecule has 4 nitrogen and oxygen atoms in total. The summed E-state index contributed by atoms with van der Waals surface area (Å²) in [5.74, 6) is 1.21. The van der Waals surface area contributed by atoms with Crippen LogP contribution < -0.4 is 0 Å². The molecule has 1 spiro atoms. The van der Waals surface area contributed by atoms with E-state index in [0.29, 0.717) is 18.3 Å².